The Balaban J connectivity index is 2.56. The molecule has 22 heavy (non-hydrogen) atoms. The molecule has 1 heterocycles. The van der Waals surface area contributed by atoms with E-state index in [2.05, 4.69) is 4.99 Å². The number of hydrogen-bond donors (Lipinski definition) is 1. The number of ketones is 2. The standard InChI is InChI=1S/C14H10F3NO4/c1-22-10-6-7(2-3-8(10)19)12(21)11-9(20)4-5-18-13(11)14(15,16)17/h2-3,5-6,19H,4H2,1H3. The number of benzene rings is 1. The van der Waals surface area contributed by atoms with Crippen LogP contribution >= 0.6 is 0 Å². The van der Waals surface area contributed by atoms with Gasteiger partial charge in [0.1, 0.15) is 0 Å². The van der Waals surface area contributed by atoms with Crippen LogP contribution in [0.2, 0.25) is 0 Å². The summed E-state index contributed by atoms with van der Waals surface area (Å²) >= 11 is 0. The van der Waals surface area contributed by atoms with E-state index >= 15 is 0 Å². The fourth-order valence-corrected chi connectivity index (χ4v) is 1.93. The van der Waals surface area contributed by atoms with E-state index in [1.54, 1.807) is 0 Å². The molecule has 5 nitrogen and oxygen atoms in total. The Morgan fingerprint density at radius 3 is 2.64 bits per heavy atom. The number of alkyl halides is 3. The predicted octanol–water partition coefficient (Wildman–Crippen LogP) is 2.44. The van der Waals surface area contributed by atoms with Crippen molar-refractivity contribution in [2.24, 2.45) is 4.99 Å². The summed E-state index contributed by atoms with van der Waals surface area (Å²) in [5.41, 5.74) is -2.74. The van der Waals surface area contributed by atoms with Gasteiger partial charge in [0.15, 0.2) is 28.8 Å². The maximum absolute atomic E-state index is 12.9. The molecular weight excluding hydrogens is 303 g/mol. The number of allylic oxidation sites excluding steroid dienone is 2. The molecule has 0 unspecified atom stereocenters. The lowest BCUT2D eigenvalue weighted by Crippen LogP contribution is -2.25. The first-order valence-electron chi connectivity index (χ1n) is 6.04. The number of Topliss-reactive ketones (excluding diaryl/α,β-unsaturated/α-hetero) is 2. The first kappa shape index (κ1) is 15.7. The van der Waals surface area contributed by atoms with Crippen LogP contribution in [0.4, 0.5) is 13.2 Å². The van der Waals surface area contributed by atoms with Crippen molar-refractivity contribution in [2.75, 3.05) is 7.11 Å². The Hall–Kier alpha value is -2.64. The highest BCUT2D eigenvalue weighted by atomic mass is 19.4. The molecule has 0 aliphatic carbocycles. The Morgan fingerprint density at radius 1 is 1.36 bits per heavy atom. The zero-order valence-corrected chi connectivity index (χ0v) is 11.3. The van der Waals surface area contributed by atoms with Crippen molar-refractivity contribution in [1.29, 1.82) is 0 Å². The van der Waals surface area contributed by atoms with Crippen molar-refractivity contribution >= 4 is 17.8 Å². The van der Waals surface area contributed by atoms with Gasteiger partial charge in [0, 0.05) is 18.2 Å². The van der Waals surface area contributed by atoms with Crippen LogP contribution in [0.1, 0.15) is 16.8 Å². The molecule has 1 aliphatic heterocycles. The third-order valence-electron chi connectivity index (χ3n) is 2.95. The second-order valence-electron chi connectivity index (χ2n) is 4.38. The molecule has 0 radical (unpaired) electrons. The van der Waals surface area contributed by atoms with Gasteiger partial charge in [0.05, 0.1) is 12.7 Å². The summed E-state index contributed by atoms with van der Waals surface area (Å²) in [5, 5.41) is 9.44. The van der Waals surface area contributed by atoms with E-state index in [1.807, 2.05) is 0 Å². The van der Waals surface area contributed by atoms with E-state index in [4.69, 9.17) is 4.74 Å². The lowest BCUT2D eigenvalue weighted by Gasteiger charge is -2.16. The highest BCUT2D eigenvalue weighted by molar-refractivity contribution is 6.29. The summed E-state index contributed by atoms with van der Waals surface area (Å²) in [6, 6.07) is 3.26. The monoisotopic (exact) mass is 313 g/mol. The molecule has 0 saturated carbocycles. The van der Waals surface area contributed by atoms with Gasteiger partial charge in [-0.1, -0.05) is 0 Å². The topological polar surface area (TPSA) is 76.0 Å². The highest BCUT2D eigenvalue weighted by Gasteiger charge is 2.41. The Bertz CT molecular complexity index is 705. The molecular formula is C14H10F3NO4. The van der Waals surface area contributed by atoms with Crippen molar-refractivity contribution in [1.82, 2.24) is 0 Å². The van der Waals surface area contributed by atoms with Crippen LogP contribution < -0.4 is 4.74 Å². The van der Waals surface area contributed by atoms with Gasteiger partial charge in [-0.25, -0.2) is 0 Å². The lowest BCUT2D eigenvalue weighted by atomic mass is 9.94. The number of rotatable bonds is 3. The quantitative estimate of drug-likeness (QED) is 0.687. The van der Waals surface area contributed by atoms with Crippen LogP contribution in [-0.4, -0.2) is 36.2 Å². The predicted molar refractivity (Wildman–Crippen MR) is 70.2 cm³/mol. The van der Waals surface area contributed by atoms with E-state index in [0.29, 0.717) is 0 Å². The zero-order chi connectivity index (χ0) is 16.5. The second kappa shape index (κ2) is 5.63. The fourth-order valence-electron chi connectivity index (χ4n) is 1.93. The average molecular weight is 313 g/mol. The molecule has 0 fully saturated rings. The van der Waals surface area contributed by atoms with Crippen LogP contribution in [0.5, 0.6) is 11.5 Å². The minimum atomic E-state index is -4.92. The van der Waals surface area contributed by atoms with Crippen molar-refractivity contribution < 1.29 is 32.6 Å². The summed E-state index contributed by atoms with van der Waals surface area (Å²) < 4.78 is 43.5. The molecule has 8 heteroatoms. The number of phenolic OH excluding ortho intramolecular Hbond substituents is 1. The Morgan fingerprint density at radius 2 is 2.05 bits per heavy atom. The molecule has 0 bridgehead atoms. The number of carbonyl (C=O) groups excluding carboxylic acids is 2. The maximum Gasteiger partial charge on any atom is 0.434 e. The van der Waals surface area contributed by atoms with Crippen molar-refractivity contribution in [2.45, 2.75) is 12.6 Å². The first-order chi connectivity index (χ1) is 10.3. The molecule has 0 saturated heterocycles. The molecule has 1 aromatic rings. The van der Waals surface area contributed by atoms with Gasteiger partial charge in [-0.05, 0) is 18.2 Å². The zero-order valence-electron chi connectivity index (χ0n) is 11.3. The highest BCUT2D eigenvalue weighted by Crippen LogP contribution is 2.34. The van der Waals surface area contributed by atoms with Crippen molar-refractivity contribution in [3.05, 3.63) is 35.0 Å². The number of halogens is 3. The van der Waals surface area contributed by atoms with Gasteiger partial charge in [-0.3, -0.25) is 14.6 Å². The van der Waals surface area contributed by atoms with Crippen LogP contribution in [0, 0.1) is 0 Å². The SMILES string of the molecule is COc1cc(C(=O)C2=C(C(F)(F)F)N=CCC2=O)ccc1O. The molecule has 0 spiro atoms. The summed E-state index contributed by atoms with van der Waals surface area (Å²) in [6.07, 6.45) is -4.48. The number of aliphatic imine (C=N–C) groups is 1. The minimum Gasteiger partial charge on any atom is -0.504 e. The number of nitrogens with zero attached hydrogens (tertiary/aromatic N) is 1. The van der Waals surface area contributed by atoms with Gasteiger partial charge in [-0.2, -0.15) is 13.2 Å². The molecule has 1 aliphatic rings. The average Bonchev–Trinajstić information content (AvgIpc) is 2.46. The molecule has 1 aromatic carbocycles. The number of aromatic hydroxyl groups is 1. The lowest BCUT2D eigenvalue weighted by molar-refractivity contribution is -0.116. The van der Waals surface area contributed by atoms with Gasteiger partial charge in [0.25, 0.3) is 0 Å². The van der Waals surface area contributed by atoms with Gasteiger partial charge in [-0.15, -0.1) is 0 Å². The summed E-state index contributed by atoms with van der Waals surface area (Å²) in [7, 11) is 1.22. The number of hydrogen-bond acceptors (Lipinski definition) is 5. The van der Waals surface area contributed by atoms with Crippen LogP contribution in [0.15, 0.2) is 34.5 Å². The number of phenols is 1. The van der Waals surface area contributed by atoms with E-state index in [9.17, 15) is 27.9 Å². The van der Waals surface area contributed by atoms with Crippen LogP contribution in [0.25, 0.3) is 0 Å². The number of carbonyl (C=O) groups is 2. The normalized spacial score (nSPS) is 15.2. The Labute approximate surface area is 122 Å². The third-order valence-corrected chi connectivity index (χ3v) is 2.95. The fraction of sp³-hybridized carbons (Fsp3) is 0.214. The molecule has 1 N–H and O–H groups in total. The van der Waals surface area contributed by atoms with Crippen molar-refractivity contribution in [3.8, 4) is 11.5 Å². The minimum absolute atomic E-state index is 0.0910. The van der Waals surface area contributed by atoms with E-state index < -0.39 is 29.0 Å². The summed E-state index contributed by atoms with van der Waals surface area (Å²) in [6.45, 7) is 0. The summed E-state index contributed by atoms with van der Waals surface area (Å²) in [4.78, 5) is 27.1. The summed E-state index contributed by atoms with van der Waals surface area (Å²) in [5.74, 6) is -2.45. The number of methoxy groups -OCH3 is 1. The van der Waals surface area contributed by atoms with E-state index in [1.165, 1.54) is 7.11 Å². The molecule has 2 rings (SSSR count). The van der Waals surface area contributed by atoms with Crippen LogP contribution in [-0.2, 0) is 4.79 Å². The smallest absolute Gasteiger partial charge is 0.434 e. The largest absolute Gasteiger partial charge is 0.504 e. The van der Waals surface area contributed by atoms with Crippen LogP contribution in [0.3, 0.4) is 0 Å². The van der Waals surface area contributed by atoms with Gasteiger partial charge >= 0.3 is 6.18 Å². The molecule has 116 valence electrons. The Kier molecular flexibility index (Phi) is 4.03. The molecule has 0 aromatic heterocycles. The van der Waals surface area contributed by atoms with E-state index in [-0.39, 0.29) is 23.5 Å². The molecule has 0 amide bonds. The number of ether oxygens (including phenoxy) is 1. The van der Waals surface area contributed by atoms with E-state index in [0.717, 1.165) is 24.4 Å². The van der Waals surface area contributed by atoms with Crippen molar-refractivity contribution in [3.63, 3.8) is 0 Å². The second-order valence-corrected chi connectivity index (χ2v) is 4.38. The van der Waals surface area contributed by atoms with Gasteiger partial charge in [0.2, 0.25) is 0 Å². The van der Waals surface area contributed by atoms with Gasteiger partial charge < -0.3 is 9.84 Å². The third kappa shape index (κ3) is 2.85. The molecule has 0 atom stereocenters. The maximum atomic E-state index is 12.9. The first-order valence-corrected chi connectivity index (χ1v) is 6.04.